The summed E-state index contributed by atoms with van der Waals surface area (Å²) in [5, 5.41) is 4.95. The molecule has 0 unspecified atom stereocenters. The van der Waals surface area contributed by atoms with Crippen molar-refractivity contribution in [2.24, 2.45) is 0 Å². The van der Waals surface area contributed by atoms with E-state index in [1.807, 2.05) is 19.2 Å². The van der Waals surface area contributed by atoms with Gasteiger partial charge in [-0.1, -0.05) is 97.1 Å². The highest BCUT2D eigenvalue weighted by Crippen LogP contribution is 2.44. The fourth-order valence-electron chi connectivity index (χ4n) is 4.74. The topological polar surface area (TPSA) is 25.8 Å². The Morgan fingerprint density at radius 1 is 0.485 bits per heavy atom. The maximum Gasteiger partial charge on any atom is 0.159 e. The molecular formula is C31H22N2. The molecule has 1 aromatic heterocycles. The Morgan fingerprint density at radius 2 is 1.03 bits per heavy atom. The van der Waals surface area contributed by atoms with Crippen molar-refractivity contribution in [2.45, 2.75) is 6.92 Å². The van der Waals surface area contributed by atoms with Gasteiger partial charge < -0.3 is 0 Å². The fraction of sp³-hybridized carbons (Fsp3) is 0.0323. The molecule has 33 heavy (non-hydrogen) atoms. The maximum atomic E-state index is 4.68. The summed E-state index contributed by atoms with van der Waals surface area (Å²) in [6.45, 7) is 2.00. The van der Waals surface area contributed by atoms with E-state index < -0.39 is 0 Å². The summed E-state index contributed by atoms with van der Waals surface area (Å²) in [6, 6.07) is 38.6. The molecule has 0 atom stereocenters. The Hall–Kier alpha value is -4.30. The molecule has 5 aromatic carbocycles. The molecule has 156 valence electrons. The molecule has 0 N–H and O–H groups in total. The molecule has 1 heterocycles. The van der Waals surface area contributed by atoms with Gasteiger partial charge in [-0.15, -0.1) is 0 Å². The van der Waals surface area contributed by atoms with E-state index in [-0.39, 0.29) is 0 Å². The van der Waals surface area contributed by atoms with E-state index in [0.717, 1.165) is 17.1 Å². The van der Waals surface area contributed by atoms with Gasteiger partial charge in [0.1, 0.15) is 0 Å². The summed E-state index contributed by atoms with van der Waals surface area (Å²) in [5.74, 6) is 0.755. The zero-order valence-electron chi connectivity index (χ0n) is 18.4. The quantitative estimate of drug-likeness (QED) is 0.269. The first-order valence-electron chi connectivity index (χ1n) is 11.2. The second-order valence-electron chi connectivity index (χ2n) is 8.31. The fourth-order valence-corrected chi connectivity index (χ4v) is 4.74. The maximum absolute atomic E-state index is 4.68. The Morgan fingerprint density at radius 3 is 1.64 bits per heavy atom. The summed E-state index contributed by atoms with van der Waals surface area (Å²) >= 11 is 0. The lowest BCUT2D eigenvalue weighted by Gasteiger charge is -2.18. The number of hydrogen-bond donors (Lipinski definition) is 0. The lowest BCUT2D eigenvalue weighted by Crippen LogP contribution is -1.94. The highest BCUT2D eigenvalue weighted by atomic mass is 14.9. The standard InChI is InChI=1S/C31H22N2/c1-21-18-19-32-31(33-21)24-16-17-27-28(20-24)30(23-12-6-3-7-13-23)26-15-9-8-14-25(26)29(27)22-10-4-2-5-11-22/h2-20H,1H3. The van der Waals surface area contributed by atoms with Gasteiger partial charge in [-0.25, -0.2) is 9.97 Å². The molecule has 0 amide bonds. The van der Waals surface area contributed by atoms with E-state index in [2.05, 4.69) is 113 Å². The number of hydrogen-bond acceptors (Lipinski definition) is 2. The van der Waals surface area contributed by atoms with E-state index in [0.29, 0.717) is 0 Å². The second-order valence-corrected chi connectivity index (χ2v) is 8.31. The van der Waals surface area contributed by atoms with Crippen molar-refractivity contribution in [2.75, 3.05) is 0 Å². The Balaban J connectivity index is 1.79. The molecule has 0 spiro atoms. The summed E-state index contributed by atoms with van der Waals surface area (Å²) in [6.07, 6.45) is 1.83. The number of rotatable bonds is 3. The first kappa shape index (κ1) is 19.4. The predicted molar refractivity (Wildman–Crippen MR) is 138 cm³/mol. The molecule has 0 bridgehead atoms. The van der Waals surface area contributed by atoms with Crippen LogP contribution in [0.3, 0.4) is 0 Å². The van der Waals surface area contributed by atoms with Crippen molar-refractivity contribution in [3.05, 3.63) is 121 Å². The minimum atomic E-state index is 0.755. The lowest BCUT2D eigenvalue weighted by molar-refractivity contribution is 1.11. The highest BCUT2D eigenvalue weighted by molar-refractivity contribution is 6.21. The predicted octanol–water partition coefficient (Wildman–Crippen LogP) is 8.09. The van der Waals surface area contributed by atoms with Gasteiger partial charge in [0.15, 0.2) is 5.82 Å². The molecule has 6 rings (SSSR count). The summed E-state index contributed by atoms with van der Waals surface area (Å²) in [4.78, 5) is 9.24. The van der Waals surface area contributed by atoms with Crippen molar-refractivity contribution in [3.63, 3.8) is 0 Å². The lowest BCUT2D eigenvalue weighted by atomic mass is 9.85. The van der Waals surface area contributed by atoms with Crippen molar-refractivity contribution in [1.82, 2.24) is 9.97 Å². The average molecular weight is 423 g/mol. The van der Waals surface area contributed by atoms with Gasteiger partial charge >= 0.3 is 0 Å². The minimum Gasteiger partial charge on any atom is -0.237 e. The summed E-state index contributed by atoms with van der Waals surface area (Å²) < 4.78 is 0. The van der Waals surface area contributed by atoms with Gasteiger partial charge in [-0.2, -0.15) is 0 Å². The van der Waals surface area contributed by atoms with Gasteiger partial charge in [-0.3, -0.25) is 0 Å². The van der Waals surface area contributed by atoms with E-state index in [1.165, 1.54) is 43.8 Å². The second kappa shape index (κ2) is 7.99. The Bertz CT molecular complexity index is 1600. The van der Waals surface area contributed by atoms with Crippen molar-refractivity contribution in [1.29, 1.82) is 0 Å². The highest BCUT2D eigenvalue weighted by Gasteiger charge is 2.17. The summed E-state index contributed by atoms with van der Waals surface area (Å²) in [7, 11) is 0. The van der Waals surface area contributed by atoms with Crippen LogP contribution < -0.4 is 0 Å². The largest absolute Gasteiger partial charge is 0.237 e. The molecular weight excluding hydrogens is 400 g/mol. The van der Waals surface area contributed by atoms with Crippen LogP contribution in [0.4, 0.5) is 0 Å². The van der Waals surface area contributed by atoms with Crippen LogP contribution in [0.1, 0.15) is 5.69 Å². The molecule has 2 heteroatoms. The number of aryl methyl sites for hydroxylation is 1. The van der Waals surface area contributed by atoms with Crippen LogP contribution in [-0.4, -0.2) is 9.97 Å². The van der Waals surface area contributed by atoms with E-state index in [1.54, 1.807) is 0 Å². The number of benzene rings is 5. The monoisotopic (exact) mass is 422 g/mol. The van der Waals surface area contributed by atoms with Crippen LogP contribution >= 0.6 is 0 Å². The molecule has 0 aliphatic carbocycles. The molecule has 0 aliphatic rings. The van der Waals surface area contributed by atoms with Gasteiger partial charge in [0, 0.05) is 17.5 Å². The molecule has 0 fully saturated rings. The third kappa shape index (κ3) is 3.37. The van der Waals surface area contributed by atoms with Gasteiger partial charge in [0.2, 0.25) is 0 Å². The Kier molecular flexibility index (Phi) is 4.70. The van der Waals surface area contributed by atoms with Gasteiger partial charge in [0.25, 0.3) is 0 Å². The van der Waals surface area contributed by atoms with Crippen LogP contribution in [-0.2, 0) is 0 Å². The van der Waals surface area contributed by atoms with E-state index in [4.69, 9.17) is 0 Å². The van der Waals surface area contributed by atoms with Crippen LogP contribution in [0, 0.1) is 6.92 Å². The van der Waals surface area contributed by atoms with Crippen LogP contribution in [0.5, 0.6) is 0 Å². The van der Waals surface area contributed by atoms with Gasteiger partial charge in [-0.05, 0) is 62.9 Å². The van der Waals surface area contributed by atoms with E-state index in [9.17, 15) is 0 Å². The smallest absolute Gasteiger partial charge is 0.159 e. The molecule has 6 aromatic rings. The molecule has 2 nitrogen and oxygen atoms in total. The minimum absolute atomic E-state index is 0.755. The third-order valence-corrected chi connectivity index (χ3v) is 6.20. The van der Waals surface area contributed by atoms with Gasteiger partial charge in [0.05, 0.1) is 0 Å². The molecule has 0 saturated carbocycles. The van der Waals surface area contributed by atoms with Crippen LogP contribution in [0.15, 0.2) is 115 Å². The first-order chi connectivity index (χ1) is 16.3. The van der Waals surface area contributed by atoms with Crippen molar-refractivity contribution in [3.8, 4) is 33.6 Å². The van der Waals surface area contributed by atoms with Crippen molar-refractivity contribution < 1.29 is 0 Å². The molecule has 0 aliphatic heterocycles. The normalized spacial score (nSPS) is 11.2. The number of aromatic nitrogens is 2. The Labute approximate surface area is 193 Å². The molecule has 0 saturated heterocycles. The molecule has 0 radical (unpaired) electrons. The van der Waals surface area contributed by atoms with Crippen molar-refractivity contribution >= 4 is 21.5 Å². The number of fused-ring (bicyclic) bond motifs is 2. The first-order valence-corrected chi connectivity index (χ1v) is 11.2. The van der Waals surface area contributed by atoms with E-state index >= 15 is 0 Å². The average Bonchev–Trinajstić information content (AvgIpc) is 2.88. The zero-order chi connectivity index (χ0) is 22.2. The zero-order valence-corrected chi connectivity index (χ0v) is 18.4. The van der Waals surface area contributed by atoms with Crippen LogP contribution in [0.2, 0.25) is 0 Å². The van der Waals surface area contributed by atoms with Crippen LogP contribution in [0.25, 0.3) is 55.2 Å². The SMILES string of the molecule is Cc1ccnc(-c2ccc3c(-c4ccccc4)c4ccccc4c(-c4ccccc4)c3c2)n1. The third-order valence-electron chi connectivity index (χ3n) is 6.20. The number of nitrogens with zero attached hydrogens (tertiary/aromatic N) is 2. The summed E-state index contributed by atoms with van der Waals surface area (Å²) in [5.41, 5.74) is 6.93.